The summed E-state index contributed by atoms with van der Waals surface area (Å²) in [4.78, 5) is 4.41. The van der Waals surface area contributed by atoms with Crippen LogP contribution in [0.25, 0.3) is 0 Å². The molecule has 1 aliphatic heterocycles. The quantitative estimate of drug-likeness (QED) is 0.790. The van der Waals surface area contributed by atoms with E-state index < -0.39 is 5.92 Å². The van der Waals surface area contributed by atoms with Gasteiger partial charge in [0.05, 0.1) is 0 Å². The minimum atomic E-state index is -2.75. The van der Waals surface area contributed by atoms with E-state index in [0.29, 0.717) is 5.69 Å². The number of alkyl halides is 2. The van der Waals surface area contributed by atoms with E-state index in [1.165, 1.54) is 6.07 Å². The van der Waals surface area contributed by atoms with E-state index in [4.69, 9.17) is 5.73 Å². The van der Waals surface area contributed by atoms with Crippen LogP contribution in [0.5, 0.6) is 0 Å². The maximum absolute atomic E-state index is 14.1. The summed E-state index contributed by atoms with van der Waals surface area (Å²) in [5, 5.41) is 0. The number of fused-ring (bicyclic) bond motifs is 1. The molecule has 1 atom stereocenters. The Morgan fingerprint density at radius 2 is 1.89 bits per heavy atom. The number of hydrogen-bond acceptors (Lipinski definition) is 3. The SMILES string of the molecule is CN1CCN([C@H]2CC(F)(F)c3cc(N)ccc32)CC1. The lowest BCUT2D eigenvalue weighted by atomic mass is 10.1. The molecule has 3 nitrogen and oxygen atoms in total. The molecule has 104 valence electrons. The number of rotatable bonds is 1. The van der Waals surface area contributed by atoms with Crippen molar-refractivity contribution in [1.82, 2.24) is 9.80 Å². The topological polar surface area (TPSA) is 32.5 Å². The molecule has 2 N–H and O–H groups in total. The van der Waals surface area contributed by atoms with E-state index in [0.717, 1.165) is 31.7 Å². The van der Waals surface area contributed by atoms with Crippen LogP contribution in [0.2, 0.25) is 0 Å². The number of halogens is 2. The number of nitrogen functional groups attached to an aromatic ring is 1. The molecule has 19 heavy (non-hydrogen) atoms. The van der Waals surface area contributed by atoms with Crippen LogP contribution in [-0.2, 0) is 5.92 Å². The summed E-state index contributed by atoms with van der Waals surface area (Å²) < 4.78 is 28.2. The fraction of sp³-hybridized carbons (Fsp3) is 0.571. The third-order valence-electron chi connectivity index (χ3n) is 4.26. The summed E-state index contributed by atoms with van der Waals surface area (Å²) in [6, 6.07) is 4.77. The van der Waals surface area contributed by atoms with Crippen LogP contribution in [0.1, 0.15) is 23.6 Å². The normalized spacial score (nSPS) is 27.4. The van der Waals surface area contributed by atoms with E-state index in [1.807, 2.05) is 0 Å². The fourth-order valence-corrected chi connectivity index (χ4v) is 3.10. The summed E-state index contributed by atoms with van der Waals surface area (Å²) in [7, 11) is 2.06. The van der Waals surface area contributed by atoms with Gasteiger partial charge in [0.25, 0.3) is 5.92 Å². The Morgan fingerprint density at radius 1 is 1.21 bits per heavy atom. The molecule has 0 unspecified atom stereocenters. The van der Waals surface area contributed by atoms with E-state index in [9.17, 15) is 8.78 Å². The van der Waals surface area contributed by atoms with Crippen molar-refractivity contribution in [2.75, 3.05) is 39.0 Å². The third kappa shape index (κ3) is 2.21. The zero-order chi connectivity index (χ0) is 13.6. The van der Waals surface area contributed by atoms with Crippen molar-refractivity contribution in [3.63, 3.8) is 0 Å². The van der Waals surface area contributed by atoms with E-state index in [1.54, 1.807) is 12.1 Å². The summed E-state index contributed by atoms with van der Waals surface area (Å²) in [5.41, 5.74) is 6.93. The Kier molecular flexibility index (Phi) is 2.98. The molecule has 0 spiro atoms. The van der Waals surface area contributed by atoms with Crippen molar-refractivity contribution < 1.29 is 8.78 Å². The van der Waals surface area contributed by atoms with Crippen LogP contribution in [0, 0.1) is 0 Å². The van der Waals surface area contributed by atoms with E-state index in [2.05, 4.69) is 16.8 Å². The van der Waals surface area contributed by atoms with Gasteiger partial charge in [-0.05, 0) is 24.7 Å². The van der Waals surface area contributed by atoms with E-state index >= 15 is 0 Å². The maximum Gasteiger partial charge on any atom is 0.275 e. The molecule has 1 heterocycles. The van der Waals surface area contributed by atoms with Gasteiger partial charge in [-0.3, -0.25) is 4.90 Å². The van der Waals surface area contributed by atoms with Crippen LogP contribution in [0.4, 0.5) is 14.5 Å². The molecule has 0 bridgehead atoms. The molecule has 1 aromatic carbocycles. The Balaban J connectivity index is 1.90. The minimum absolute atomic E-state index is 0.116. The predicted octanol–water partition coefficient (Wildman–Crippen LogP) is 2.05. The molecule has 0 amide bonds. The first-order valence-electron chi connectivity index (χ1n) is 6.68. The monoisotopic (exact) mass is 267 g/mol. The number of nitrogens with two attached hydrogens (primary N) is 1. The van der Waals surface area contributed by atoms with Gasteiger partial charge in [-0.2, -0.15) is 0 Å². The van der Waals surface area contributed by atoms with Gasteiger partial charge in [-0.1, -0.05) is 6.07 Å². The Morgan fingerprint density at radius 3 is 2.58 bits per heavy atom. The van der Waals surface area contributed by atoms with Crippen LogP contribution in [-0.4, -0.2) is 43.0 Å². The Hall–Kier alpha value is -1.20. The molecule has 1 saturated heterocycles. The van der Waals surface area contributed by atoms with Gasteiger partial charge in [0.15, 0.2) is 0 Å². The molecular formula is C14H19F2N3. The number of benzene rings is 1. The highest BCUT2D eigenvalue weighted by atomic mass is 19.3. The van der Waals surface area contributed by atoms with Crippen LogP contribution < -0.4 is 5.73 Å². The van der Waals surface area contributed by atoms with Crippen molar-refractivity contribution >= 4 is 5.69 Å². The molecule has 0 aromatic heterocycles. The number of nitrogens with zero attached hydrogens (tertiary/aromatic N) is 2. The van der Waals surface area contributed by atoms with Crippen molar-refractivity contribution in [2.24, 2.45) is 0 Å². The molecule has 3 rings (SSSR count). The Labute approximate surface area is 112 Å². The average molecular weight is 267 g/mol. The van der Waals surface area contributed by atoms with Crippen LogP contribution in [0.3, 0.4) is 0 Å². The highest BCUT2D eigenvalue weighted by molar-refractivity contribution is 5.50. The molecule has 0 saturated carbocycles. The number of hydrogen-bond donors (Lipinski definition) is 1. The molecule has 2 aliphatic rings. The van der Waals surface area contributed by atoms with Crippen molar-refractivity contribution in [1.29, 1.82) is 0 Å². The molecule has 1 aromatic rings. The van der Waals surface area contributed by atoms with Crippen LogP contribution >= 0.6 is 0 Å². The number of piperazine rings is 1. The first-order chi connectivity index (χ1) is 8.97. The van der Waals surface area contributed by atoms with Gasteiger partial charge in [-0.15, -0.1) is 0 Å². The van der Waals surface area contributed by atoms with Crippen molar-refractivity contribution in [3.05, 3.63) is 29.3 Å². The van der Waals surface area contributed by atoms with Gasteiger partial charge >= 0.3 is 0 Å². The van der Waals surface area contributed by atoms with Gasteiger partial charge in [0.2, 0.25) is 0 Å². The van der Waals surface area contributed by atoms with Crippen LogP contribution in [0.15, 0.2) is 18.2 Å². The highest BCUT2D eigenvalue weighted by Gasteiger charge is 2.47. The lowest BCUT2D eigenvalue weighted by Crippen LogP contribution is -2.45. The summed E-state index contributed by atoms with van der Waals surface area (Å²) in [6.07, 6.45) is -0.116. The summed E-state index contributed by atoms with van der Waals surface area (Å²) in [5.74, 6) is -2.75. The molecule has 5 heteroatoms. The first-order valence-corrected chi connectivity index (χ1v) is 6.68. The second-order valence-corrected chi connectivity index (χ2v) is 5.61. The van der Waals surface area contributed by atoms with Crippen molar-refractivity contribution in [3.8, 4) is 0 Å². The minimum Gasteiger partial charge on any atom is -0.399 e. The number of anilines is 1. The fourth-order valence-electron chi connectivity index (χ4n) is 3.10. The molecule has 0 radical (unpaired) electrons. The maximum atomic E-state index is 14.1. The van der Waals surface area contributed by atoms with Crippen molar-refractivity contribution in [2.45, 2.75) is 18.4 Å². The van der Waals surface area contributed by atoms with E-state index in [-0.39, 0.29) is 18.0 Å². The zero-order valence-electron chi connectivity index (χ0n) is 11.1. The predicted molar refractivity (Wildman–Crippen MR) is 71.2 cm³/mol. The standard InChI is InChI=1S/C14H19F2N3/c1-18-4-6-19(7-5-18)13-9-14(15,16)12-8-10(17)2-3-11(12)13/h2-3,8,13H,4-7,9,17H2,1H3/t13-/m0/s1. The lowest BCUT2D eigenvalue weighted by molar-refractivity contribution is -0.0257. The zero-order valence-corrected chi connectivity index (χ0v) is 11.1. The second-order valence-electron chi connectivity index (χ2n) is 5.61. The number of likely N-dealkylation sites (N-methyl/N-ethyl adjacent to an activating group) is 1. The smallest absolute Gasteiger partial charge is 0.275 e. The van der Waals surface area contributed by atoms with Gasteiger partial charge in [-0.25, -0.2) is 8.78 Å². The molecular weight excluding hydrogens is 248 g/mol. The molecule has 1 fully saturated rings. The molecule has 1 aliphatic carbocycles. The third-order valence-corrected chi connectivity index (χ3v) is 4.26. The highest BCUT2D eigenvalue weighted by Crippen LogP contribution is 2.50. The Bertz CT molecular complexity index is 482. The second kappa shape index (κ2) is 4.42. The largest absolute Gasteiger partial charge is 0.399 e. The average Bonchev–Trinajstić information content (AvgIpc) is 2.62. The summed E-state index contributed by atoms with van der Waals surface area (Å²) >= 11 is 0. The van der Waals surface area contributed by atoms with Gasteiger partial charge in [0.1, 0.15) is 0 Å². The van der Waals surface area contributed by atoms with Gasteiger partial charge in [0, 0.05) is 49.9 Å². The van der Waals surface area contributed by atoms with Gasteiger partial charge < -0.3 is 10.6 Å². The first kappa shape index (κ1) is 12.8. The lowest BCUT2D eigenvalue weighted by Gasteiger charge is -2.36. The summed E-state index contributed by atoms with van der Waals surface area (Å²) in [6.45, 7) is 3.57.